The quantitative estimate of drug-likeness (QED) is 0.899. The molecule has 1 aromatic heterocycles. The van der Waals surface area contributed by atoms with Gasteiger partial charge in [-0.2, -0.15) is 0 Å². The average Bonchev–Trinajstić information content (AvgIpc) is 3.03. The Labute approximate surface area is 121 Å². The summed E-state index contributed by atoms with van der Waals surface area (Å²) in [5.41, 5.74) is 2.52. The highest BCUT2D eigenvalue weighted by molar-refractivity contribution is 5.34. The minimum absolute atomic E-state index is 0.897. The van der Waals surface area contributed by atoms with Crippen LogP contribution in [0.2, 0.25) is 0 Å². The molecule has 1 fully saturated rings. The van der Waals surface area contributed by atoms with Gasteiger partial charge in [0.1, 0.15) is 0 Å². The smallest absolute Gasteiger partial charge is 0.0991 e. The Morgan fingerprint density at radius 3 is 2.60 bits per heavy atom. The first-order valence-electron chi connectivity index (χ1n) is 7.70. The van der Waals surface area contributed by atoms with Gasteiger partial charge in [0.15, 0.2) is 0 Å². The molecule has 0 aliphatic heterocycles. The fraction of sp³-hybridized carbons (Fsp3) is 0.471. The Bertz CT molecular complexity index is 496. The zero-order valence-corrected chi connectivity index (χ0v) is 12.0. The molecule has 0 radical (unpaired) electrons. The van der Waals surface area contributed by atoms with E-state index in [1.54, 1.807) is 6.20 Å². The molecule has 2 aromatic rings. The van der Waals surface area contributed by atoms with Crippen LogP contribution in [0.25, 0.3) is 5.69 Å². The third-order valence-corrected chi connectivity index (χ3v) is 4.23. The average molecular weight is 269 g/mol. The van der Waals surface area contributed by atoms with Crippen LogP contribution in [0.4, 0.5) is 0 Å². The highest BCUT2D eigenvalue weighted by atomic mass is 15.0. The van der Waals surface area contributed by atoms with Crippen LogP contribution in [0.15, 0.2) is 43.0 Å². The van der Waals surface area contributed by atoms with Crippen molar-refractivity contribution in [3.8, 4) is 5.69 Å². The van der Waals surface area contributed by atoms with E-state index >= 15 is 0 Å². The molecule has 3 nitrogen and oxygen atoms in total. The first-order chi connectivity index (χ1) is 9.92. The number of rotatable bonds is 5. The molecule has 20 heavy (non-hydrogen) atoms. The molecule has 1 aliphatic rings. The summed E-state index contributed by atoms with van der Waals surface area (Å²) >= 11 is 0. The van der Waals surface area contributed by atoms with Crippen molar-refractivity contribution in [1.29, 1.82) is 0 Å². The Balaban J connectivity index is 1.48. The van der Waals surface area contributed by atoms with Gasteiger partial charge in [0.2, 0.25) is 0 Å². The molecule has 0 saturated heterocycles. The molecule has 1 N–H and O–H groups in total. The number of imidazole rings is 1. The number of benzene rings is 1. The van der Waals surface area contributed by atoms with Gasteiger partial charge in [-0.25, -0.2) is 4.98 Å². The minimum Gasteiger partial charge on any atom is -0.312 e. The third-order valence-electron chi connectivity index (χ3n) is 4.23. The second-order valence-electron chi connectivity index (χ2n) is 5.77. The van der Waals surface area contributed by atoms with E-state index in [2.05, 4.69) is 34.6 Å². The highest BCUT2D eigenvalue weighted by Crippen LogP contribution is 2.22. The summed E-state index contributed by atoms with van der Waals surface area (Å²) in [4.78, 5) is 4.07. The van der Waals surface area contributed by atoms with E-state index in [1.165, 1.54) is 49.9 Å². The van der Waals surface area contributed by atoms with Crippen LogP contribution in [-0.2, 0) is 6.54 Å². The van der Waals surface area contributed by atoms with Crippen LogP contribution in [0.5, 0.6) is 0 Å². The van der Waals surface area contributed by atoms with Crippen LogP contribution in [0, 0.1) is 5.92 Å². The standard InChI is InChI=1S/C17H23N3/c1-2-4-15(5-3-1)12-19-13-16-6-8-17(9-7-16)20-11-10-18-14-20/h6-11,14-15,19H,1-5,12-13H2. The lowest BCUT2D eigenvalue weighted by atomic mass is 9.89. The van der Waals surface area contributed by atoms with Crippen molar-refractivity contribution in [2.24, 2.45) is 5.92 Å². The van der Waals surface area contributed by atoms with Gasteiger partial charge in [0.05, 0.1) is 6.33 Å². The van der Waals surface area contributed by atoms with Crippen molar-refractivity contribution in [1.82, 2.24) is 14.9 Å². The lowest BCUT2D eigenvalue weighted by Crippen LogP contribution is -2.24. The predicted molar refractivity (Wildman–Crippen MR) is 81.8 cm³/mol. The maximum absolute atomic E-state index is 4.07. The van der Waals surface area contributed by atoms with E-state index < -0.39 is 0 Å². The number of nitrogens with one attached hydrogen (secondary N) is 1. The fourth-order valence-corrected chi connectivity index (χ4v) is 3.01. The Kier molecular flexibility index (Phi) is 4.49. The van der Waals surface area contributed by atoms with Gasteiger partial charge in [-0.05, 0) is 43.0 Å². The van der Waals surface area contributed by atoms with E-state index in [9.17, 15) is 0 Å². The number of aromatic nitrogens is 2. The molecule has 0 unspecified atom stereocenters. The van der Waals surface area contributed by atoms with Gasteiger partial charge in [-0.15, -0.1) is 0 Å². The molecule has 1 aliphatic carbocycles. The van der Waals surface area contributed by atoms with Crippen LogP contribution in [0.3, 0.4) is 0 Å². The molecule has 1 aromatic carbocycles. The molecule has 1 heterocycles. The summed E-state index contributed by atoms with van der Waals surface area (Å²) in [5, 5.41) is 3.61. The van der Waals surface area contributed by atoms with Gasteiger partial charge in [0.25, 0.3) is 0 Å². The van der Waals surface area contributed by atoms with Crippen molar-refractivity contribution in [3.63, 3.8) is 0 Å². The summed E-state index contributed by atoms with van der Waals surface area (Å²) in [6.07, 6.45) is 12.7. The van der Waals surface area contributed by atoms with Crippen molar-refractivity contribution < 1.29 is 0 Å². The zero-order valence-electron chi connectivity index (χ0n) is 12.0. The number of hydrogen-bond donors (Lipinski definition) is 1. The SMILES string of the molecule is c1cn(-c2ccc(CNCC3CCCCC3)cc2)cn1. The van der Waals surface area contributed by atoms with Gasteiger partial charge >= 0.3 is 0 Å². The second-order valence-corrected chi connectivity index (χ2v) is 5.77. The van der Waals surface area contributed by atoms with E-state index in [0.29, 0.717) is 0 Å². The summed E-state index contributed by atoms with van der Waals surface area (Å²) in [6, 6.07) is 8.70. The van der Waals surface area contributed by atoms with E-state index in [-0.39, 0.29) is 0 Å². The lowest BCUT2D eigenvalue weighted by Gasteiger charge is -2.21. The Morgan fingerprint density at radius 2 is 1.90 bits per heavy atom. The van der Waals surface area contributed by atoms with Crippen molar-refractivity contribution in [2.45, 2.75) is 38.6 Å². The van der Waals surface area contributed by atoms with E-state index in [1.807, 2.05) is 17.1 Å². The molecule has 106 valence electrons. The van der Waals surface area contributed by atoms with Gasteiger partial charge in [0, 0.05) is 24.6 Å². The van der Waals surface area contributed by atoms with E-state index in [4.69, 9.17) is 0 Å². The summed E-state index contributed by atoms with van der Waals surface area (Å²) in [7, 11) is 0. The van der Waals surface area contributed by atoms with Crippen molar-refractivity contribution in [3.05, 3.63) is 48.5 Å². The van der Waals surface area contributed by atoms with Crippen molar-refractivity contribution in [2.75, 3.05) is 6.54 Å². The number of nitrogens with zero attached hydrogens (tertiary/aromatic N) is 2. The number of hydrogen-bond acceptors (Lipinski definition) is 2. The third kappa shape index (κ3) is 3.48. The second kappa shape index (κ2) is 6.71. The molecule has 0 spiro atoms. The first-order valence-corrected chi connectivity index (χ1v) is 7.70. The molecule has 3 rings (SSSR count). The summed E-state index contributed by atoms with van der Waals surface area (Å²) in [6.45, 7) is 2.14. The Hall–Kier alpha value is -1.61. The highest BCUT2D eigenvalue weighted by Gasteiger charge is 2.12. The van der Waals surface area contributed by atoms with Gasteiger partial charge in [-0.1, -0.05) is 31.4 Å². The fourth-order valence-electron chi connectivity index (χ4n) is 3.01. The topological polar surface area (TPSA) is 29.9 Å². The van der Waals surface area contributed by atoms with Crippen molar-refractivity contribution >= 4 is 0 Å². The zero-order chi connectivity index (χ0) is 13.6. The van der Waals surface area contributed by atoms with Crippen LogP contribution in [0.1, 0.15) is 37.7 Å². The summed E-state index contributed by atoms with van der Waals surface area (Å²) in [5.74, 6) is 0.897. The molecular formula is C17H23N3. The Morgan fingerprint density at radius 1 is 1.10 bits per heavy atom. The lowest BCUT2D eigenvalue weighted by molar-refractivity contribution is 0.342. The monoisotopic (exact) mass is 269 g/mol. The first kappa shape index (κ1) is 13.4. The van der Waals surface area contributed by atoms with Gasteiger partial charge < -0.3 is 9.88 Å². The van der Waals surface area contributed by atoms with Crippen LogP contribution >= 0.6 is 0 Å². The largest absolute Gasteiger partial charge is 0.312 e. The van der Waals surface area contributed by atoms with Gasteiger partial charge in [-0.3, -0.25) is 0 Å². The minimum atomic E-state index is 0.897. The summed E-state index contributed by atoms with van der Waals surface area (Å²) < 4.78 is 2.03. The molecular weight excluding hydrogens is 246 g/mol. The maximum atomic E-state index is 4.07. The van der Waals surface area contributed by atoms with E-state index in [0.717, 1.165) is 12.5 Å². The molecule has 1 saturated carbocycles. The molecule has 0 amide bonds. The molecule has 3 heteroatoms. The van der Waals surface area contributed by atoms with Crippen LogP contribution < -0.4 is 5.32 Å². The molecule has 0 bridgehead atoms. The normalized spacial score (nSPS) is 16.4. The van der Waals surface area contributed by atoms with Crippen LogP contribution in [-0.4, -0.2) is 16.1 Å². The molecule has 0 atom stereocenters. The maximum Gasteiger partial charge on any atom is 0.0991 e. The predicted octanol–water partition coefficient (Wildman–Crippen LogP) is 3.54.